The molecule has 0 fully saturated rings. The number of nitrogens with one attached hydrogen (secondary N) is 1. The highest BCUT2D eigenvalue weighted by Gasteiger charge is 2.04. The molecule has 1 N–H and O–H groups in total. The predicted molar refractivity (Wildman–Crippen MR) is 68.5 cm³/mol. The zero-order valence-corrected chi connectivity index (χ0v) is 10.4. The summed E-state index contributed by atoms with van der Waals surface area (Å²) in [6.45, 7) is 5.20. The van der Waals surface area contributed by atoms with E-state index in [1.54, 1.807) is 11.3 Å². The van der Waals surface area contributed by atoms with Crippen molar-refractivity contribution in [3.63, 3.8) is 0 Å². The van der Waals surface area contributed by atoms with Crippen molar-refractivity contribution in [2.45, 2.75) is 26.4 Å². The van der Waals surface area contributed by atoms with Gasteiger partial charge >= 0.3 is 0 Å². The Morgan fingerprint density at radius 1 is 1.44 bits per heavy atom. The molecule has 84 valence electrons. The van der Waals surface area contributed by atoms with Crippen LogP contribution in [-0.2, 0) is 6.54 Å². The first-order valence-electron chi connectivity index (χ1n) is 5.43. The molecular formula is C13H16N2S. The average Bonchev–Trinajstić information content (AvgIpc) is 2.78. The summed E-state index contributed by atoms with van der Waals surface area (Å²) in [6.07, 6.45) is 1.92. The number of nitrogens with zero attached hydrogens (tertiary/aromatic N) is 1. The van der Waals surface area contributed by atoms with Crippen LogP contribution in [0.1, 0.15) is 29.0 Å². The monoisotopic (exact) mass is 232 g/mol. The van der Waals surface area contributed by atoms with E-state index in [0.29, 0.717) is 6.04 Å². The maximum Gasteiger partial charge on any atom is 0.0794 e. The third-order valence-corrected chi connectivity index (χ3v) is 3.39. The summed E-state index contributed by atoms with van der Waals surface area (Å²) in [5.74, 6) is 0. The van der Waals surface area contributed by atoms with Crippen LogP contribution in [0.25, 0.3) is 0 Å². The number of benzene rings is 1. The standard InChI is InChI=1S/C13H16N2S/c1-10-4-3-5-12(6-10)11(2)15-8-13-7-14-9-16-13/h3-7,9,11,15H,8H2,1-2H3/t11-/m0/s1. The average molecular weight is 232 g/mol. The van der Waals surface area contributed by atoms with Gasteiger partial charge in [-0.2, -0.15) is 0 Å². The number of hydrogen-bond donors (Lipinski definition) is 1. The molecule has 0 saturated carbocycles. The van der Waals surface area contributed by atoms with Crippen molar-refractivity contribution < 1.29 is 0 Å². The maximum atomic E-state index is 4.07. The van der Waals surface area contributed by atoms with Crippen LogP contribution in [0.2, 0.25) is 0 Å². The summed E-state index contributed by atoms with van der Waals surface area (Å²) in [5.41, 5.74) is 4.52. The van der Waals surface area contributed by atoms with Gasteiger partial charge in [0.05, 0.1) is 5.51 Å². The quantitative estimate of drug-likeness (QED) is 0.875. The van der Waals surface area contributed by atoms with E-state index in [2.05, 4.69) is 48.4 Å². The summed E-state index contributed by atoms with van der Waals surface area (Å²) in [4.78, 5) is 5.34. The largest absolute Gasteiger partial charge is 0.305 e. The molecule has 0 bridgehead atoms. The van der Waals surface area contributed by atoms with Crippen molar-refractivity contribution in [2.75, 3.05) is 0 Å². The Kier molecular flexibility index (Phi) is 3.70. The van der Waals surface area contributed by atoms with Gasteiger partial charge in [-0.25, -0.2) is 0 Å². The molecular weight excluding hydrogens is 216 g/mol. The molecule has 0 aliphatic heterocycles. The number of thiazole rings is 1. The van der Waals surface area contributed by atoms with Gasteiger partial charge in [0.2, 0.25) is 0 Å². The predicted octanol–water partition coefficient (Wildman–Crippen LogP) is 3.30. The van der Waals surface area contributed by atoms with E-state index in [4.69, 9.17) is 0 Å². The summed E-state index contributed by atoms with van der Waals surface area (Å²) in [6, 6.07) is 9.00. The van der Waals surface area contributed by atoms with Crippen molar-refractivity contribution in [2.24, 2.45) is 0 Å². The van der Waals surface area contributed by atoms with E-state index < -0.39 is 0 Å². The summed E-state index contributed by atoms with van der Waals surface area (Å²) in [7, 11) is 0. The van der Waals surface area contributed by atoms with Gasteiger partial charge in [-0.3, -0.25) is 4.98 Å². The van der Waals surface area contributed by atoms with E-state index in [1.165, 1.54) is 16.0 Å². The molecule has 16 heavy (non-hydrogen) atoms. The Hall–Kier alpha value is -1.19. The summed E-state index contributed by atoms with van der Waals surface area (Å²) < 4.78 is 0. The number of hydrogen-bond acceptors (Lipinski definition) is 3. The molecule has 1 aromatic carbocycles. The smallest absolute Gasteiger partial charge is 0.0794 e. The van der Waals surface area contributed by atoms with Crippen molar-refractivity contribution in [3.8, 4) is 0 Å². The Balaban J connectivity index is 1.95. The molecule has 2 aromatic rings. The second-order valence-corrected chi connectivity index (χ2v) is 4.96. The third-order valence-electron chi connectivity index (χ3n) is 2.61. The second-order valence-electron chi connectivity index (χ2n) is 3.98. The van der Waals surface area contributed by atoms with Gasteiger partial charge in [-0.15, -0.1) is 11.3 Å². The molecule has 0 aliphatic rings. The van der Waals surface area contributed by atoms with E-state index in [9.17, 15) is 0 Å². The highest BCUT2D eigenvalue weighted by atomic mass is 32.1. The van der Waals surface area contributed by atoms with Crippen LogP contribution in [0.3, 0.4) is 0 Å². The molecule has 3 heteroatoms. The Bertz CT molecular complexity index is 437. The molecule has 2 nitrogen and oxygen atoms in total. The molecule has 0 saturated heterocycles. The van der Waals surface area contributed by atoms with Gasteiger partial charge in [-0.1, -0.05) is 29.8 Å². The van der Waals surface area contributed by atoms with Crippen LogP contribution in [0.15, 0.2) is 36.0 Å². The molecule has 0 radical (unpaired) electrons. The van der Waals surface area contributed by atoms with Gasteiger partial charge in [0.1, 0.15) is 0 Å². The lowest BCUT2D eigenvalue weighted by molar-refractivity contribution is 0.578. The third kappa shape index (κ3) is 2.90. The first-order valence-corrected chi connectivity index (χ1v) is 6.31. The van der Waals surface area contributed by atoms with Gasteiger partial charge < -0.3 is 5.32 Å². The number of rotatable bonds is 4. The van der Waals surface area contributed by atoms with Crippen LogP contribution >= 0.6 is 11.3 Å². The van der Waals surface area contributed by atoms with E-state index in [1.807, 2.05) is 11.7 Å². The van der Waals surface area contributed by atoms with Gasteiger partial charge in [0.25, 0.3) is 0 Å². The normalized spacial score (nSPS) is 12.6. The molecule has 0 unspecified atom stereocenters. The first kappa shape index (κ1) is 11.3. The van der Waals surface area contributed by atoms with Crippen LogP contribution in [0.4, 0.5) is 0 Å². The minimum Gasteiger partial charge on any atom is -0.305 e. The lowest BCUT2D eigenvalue weighted by Crippen LogP contribution is -2.17. The first-order chi connectivity index (χ1) is 7.75. The molecule has 0 aliphatic carbocycles. The van der Waals surface area contributed by atoms with E-state index in [-0.39, 0.29) is 0 Å². The van der Waals surface area contributed by atoms with Crippen LogP contribution in [0, 0.1) is 6.92 Å². The fourth-order valence-electron chi connectivity index (χ4n) is 1.64. The molecule has 0 spiro atoms. The molecule has 1 atom stereocenters. The number of aromatic nitrogens is 1. The highest BCUT2D eigenvalue weighted by Crippen LogP contribution is 2.15. The fraction of sp³-hybridized carbons (Fsp3) is 0.308. The minimum absolute atomic E-state index is 0.377. The SMILES string of the molecule is Cc1cccc([C@H](C)NCc2cncs2)c1. The van der Waals surface area contributed by atoms with Gasteiger partial charge in [0, 0.05) is 23.7 Å². The summed E-state index contributed by atoms with van der Waals surface area (Å²) >= 11 is 1.69. The zero-order chi connectivity index (χ0) is 11.4. The summed E-state index contributed by atoms with van der Waals surface area (Å²) in [5, 5.41) is 3.50. The maximum absolute atomic E-state index is 4.07. The highest BCUT2D eigenvalue weighted by molar-refractivity contribution is 7.09. The molecule has 2 rings (SSSR count). The Labute approximate surface area is 100 Å². The molecule has 0 amide bonds. The van der Waals surface area contributed by atoms with E-state index in [0.717, 1.165) is 6.54 Å². The number of aryl methyl sites for hydroxylation is 1. The Morgan fingerprint density at radius 2 is 2.31 bits per heavy atom. The minimum atomic E-state index is 0.377. The Morgan fingerprint density at radius 3 is 3.00 bits per heavy atom. The lowest BCUT2D eigenvalue weighted by atomic mass is 10.1. The van der Waals surface area contributed by atoms with Gasteiger partial charge in [-0.05, 0) is 19.4 Å². The second kappa shape index (κ2) is 5.23. The van der Waals surface area contributed by atoms with Crippen LogP contribution in [0.5, 0.6) is 0 Å². The molecule has 1 aromatic heterocycles. The zero-order valence-electron chi connectivity index (χ0n) is 9.60. The van der Waals surface area contributed by atoms with Crippen molar-refractivity contribution in [1.29, 1.82) is 0 Å². The fourth-order valence-corrected chi connectivity index (χ4v) is 2.19. The van der Waals surface area contributed by atoms with Crippen molar-refractivity contribution in [1.82, 2.24) is 10.3 Å². The van der Waals surface area contributed by atoms with Crippen LogP contribution in [-0.4, -0.2) is 4.98 Å². The molecule has 1 heterocycles. The van der Waals surface area contributed by atoms with Crippen LogP contribution < -0.4 is 5.32 Å². The topological polar surface area (TPSA) is 24.9 Å². The van der Waals surface area contributed by atoms with E-state index >= 15 is 0 Å². The van der Waals surface area contributed by atoms with Crippen molar-refractivity contribution in [3.05, 3.63) is 52.0 Å². The van der Waals surface area contributed by atoms with Crippen molar-refractivity contribution >= 4 is 11.3 Å². The lowest BCUT2D eigenvalue weighted by Gasteiger charge is -2.13. The van der Waals surface area contributed by atoms with Gasteiger partial charge in [0.15, 0.2) is 0 Å².